The maximum absolute atomic E-state index is 9.54. The molecule has 2 aromatic heterocycles. The summed E-state index contributed by atoms with van der Waals surface area (Å²) in [5.41, 5.74) is 5.09. The summed E-state index contributed by atoms with van der Waals surface area (Å²) in [6, 6.07) is 3.80. The molecule has 0 bridgehead atoms. The zero-order valence-corrected chi connectivity index (χ0v) is 14.5. The number of rotatable bonds is 7. The molecule has 0 aliphatic rings. The van der Waals surface area contributed by atoms with Gasteiger partial charge in [0.05, 0.1) is 6.26 Å². The predicted molar refractivity (Wildman–Crippen MR) is 91.7 cm³/mol. The zero-order valence-electron chi connectivity index (χ0n) is 14.5. The third-order valence-corrected chi connectivity index (χ3v) is 4.05. The van der Waals surface area contributed by atoms with Gasteiger partial charge in [0.25, 0.3) is 0 Å². The Hall–Kier alpha value is -1.65. The van der Waals surface area contributed by atoms with Crippen LogP contribution in [0.1, 0.15) is 62.0 Å². The highest BCUT2D eigenvalue weighted by Gasteiger charge is 2.24. The Balaban J connectivity index is 2.84. The Morgan fingerprint density at radius 3 is 1.83 bits per heavy atom. The van der Waals surface area contributed by atoms with Crippen LogP contribution in [0.2, 0.25) is 0 Å². The van der Waals surface area contributed by atoms with Gasteiger partial charge in [0.15, 0.2) is 0 Å². The van der Waals surface area contributed by atoms with Crippen LogP contribution in [0.25, 0.3) is 11.3 Å². The lowest BCUT2D eigenvalue weighted by atomic mass is 9.87. The van der Waals surface area contributed by atoms with E-state index in [1.165, 1.54) is 0 Å². The normalized spacial score (nSPS) is 11.7. The highest BCUT2D eigenvalue weighted by molar-refractivity contribution is 5.69. The lowest BCUT2D eigenvalue weighted by Gasteiger charge is -2.23. The summed E-state index contributed by atoms with van der Waals surface area (Å²) in [5, 5.41) is 19.1. The van der Waals surface area contributed by atoms with Crippen LogP contribution in [0.3, 0.4) is 0 Å². The van der Waals surface area contributed by atoms with Crippen molar-refractivity contribution in [2.75, 3.05) is 13.2 Å². The van der Waals surface area contributed by atoms with E-state index in [1.807, 2.05) is 12.1 Å². The van der Waals surface area contributed by atoms with E-state index in [4.69, 9.17) is 9.40 Å². The number of hydrogen-bond acceptors (Lipinski definition) is 4. The van der Waals surface area contributed by atoms with Gasteiger partial charge in [-0.05, 0) is 47.9 Å². The van der Waals surface area contributed by atoms with Crippen molar-refractivity contribution in [3.63, 3.8) is 0 Å². The minimum Gasteiger partial charge on any atom is -0.464 e. The zero-order chi connectivity index (χ0) is 17.0. The van der Waals surface area contributed by atoms with Gasteiger partial charge in [-0.15, -0.1) is 0 Å². The first kappa shape index (κ1) is 17.7. The molecule has 0 aliphatic heterocycles. The van der Waals surface area contributed by atoms with Crippen LogP contribution in [-0.2, 0) is 12.8 Å². The number of pyridine rings is 1. The highest BCUT2D eigenvalue weighted by Crippen LogP contribution is 2.37. The molecule has 0 saturated carbocycles. The topological polar surface area (TPSA) is 66.5 Å². The van der Waals surface area contributed by atoms with E-state index in [9.17, 15) is 10.2 Å². The van der Waals surface area contributed by atoms with E-state index in [-0.39, 0.29) is 25.0 Å². The lowest BCUT2D eigenvalue weighted by Crippen LogP contribution is -2.14. The number of nitrogens with zero attached hydrogens (tertiary/aromatic N) is 1. The van der Waals surface area contributed by atoms with Crippen molar-refractivity contribution in [2.24, 2.45) is 0 Å². The van der Waals surface area contributed by atoms with Crippen molar-refractivity contribution in [3.8, 4) is 11.3 Å². The monoisotopic (exact) mass is 317 g/mol. The van der Waals surface area contributed by atoms with Crippen LogP contribution >= 0.6 is 0 Å². The number of hydrogen-bond donors (Lipinski definition) is 2. The summed E-state index contributed by atoms with van der Waals surface area (Å²) in [7, 11) is 0. The Labute approximate surface area is 138 Å². The van der Waals surface area contributed by atoms with Crippen LogP contribution in [-0.4, -0.2) is 28.4 Å². The maximum atomic E-state index is 9.54. The van der Waals surface area contributed by atoms with E-state index in [0.717, 1.165) is 33.8 Å². The molecule has 126 valence electrons. The Morgan fingerprint density at radius 2 is 1.48 bits per heavy atom. The molecule has 4 heteroatoms. The fraction of sp³-hybridized carbons (Fsp3) is 0.526. The Kier molecular flexibility index (Phi) is 5.97. The van der Waals surface area contributed by atoms with Crippen LogP contribution in [0.4, 0.5) is 0 Å². The molecule has 0 atom stereocenters. The first-order chi connectivity index (χ1) is 11.0. The molecule has 2 N–H and O–H groups in total. The molecule has 23 heavy (non-hydrogen) atoms. The van der Waals surface area contributed by atoms with Crippen molar-refractivity contribution < 1.29 is 14.6 Å². The molecule has 0 unspecified atom stereocenters. The van der Waals surface area contributed by atoms with E-state index >= 15 is 0 Å². The van der Waals surface area contributed by atoms with Crippen molar-refractivity contribution in [2.45, 2.75) is 52.4 Å². The molecule has 0 aromatic carbocycles. The number of furan rings is 1. The molecule has 0 spiro atoms. The third kappa shape index (κ3) is 3.65. The summed E-state index contributed by atoms with van der Waals surface area (Å²) in [4.78, 5) is 4.92. The second kappa shape index (κ2) is 7.75. The summed E-state index contributed by atoms with van der Waals surface area (Å²) < 4.78 is 5.67. The van der Waals surface area contributed by atoms with E-state index in [0.29, 0.717) is 12.8 Å². The quantitative estimate of drug-likeness (QED) is 0.818. The number of aliphatic hydroxyl groups excluding tert-OH is 2. The summed E-state index contributed by atoms with van der Waals surface area (Å²) in [6.07, 6.45) is 2.73. The van der Waals surface area contributed by atoms with Crippen LogP contribution in [0.5, 0.6) is 0 Å². The van der Waals surface area contributed by atoms with E-state index < -0.39 is 0 Å². The fourth-order valence-electron chi connectivity index (χ4n) is 3.11. The van der Waals surface area contributed by atoms with Gasteiger partial charge in [0, 0.05) is 30.2 Å². The van der Waals surface area contributed by atoms with Gasteiger partial charge in [0.2, 0.25) is 0 Å². The standard InChI is InChI=1S/C19H27NO3/c1-12(2)18-14(7-9-21)17(16-6-5-11-23-16)15(8-10-22)19(20-18)13(3)4/h5-6,11-13,21-22H,7-10H2,1-4H3. The average molecular weight is 317 g/mol. The minimum atomic E-state index is 0.0642. The highest BCUT2D eigenvalue weighted by atomic mass is 16.3. The summed E-state index contributed by atoms with van der Waals surface area (Å²) in [5.74, 6) is 1.29. The molecule has 0 amide bonds. The molecule has 2 heterocycles. The van der Waals surface area contributed by atoms with Gasteiger partial charge in [-0.1, -0.05) is 27.7 Å². The van der Waals surface area contributed by atoms with Gasteiger partial charge in [-0.25, -0.2) is 0 Å². The van der Waals surface area contributed by atoms with Crippen LogP contribution in [0.15, 0.2) is 22.8 Å². The molecule has 0 aliphatic carbocycles. The maximum Gasteiger partial charge on any atom is 0.134 e. The molecule has 0 fully saturated rings. The van der Waals surface area contributed by atoms with E-state index in [2.05, 4.69) is 27.7 Å². The Bertz CT molecular complexity index is 594. The van der Waals surface area contributed by atoms with Crippen molar-refractivity contribution in [1.82, 2.24) is 4.98 Å². The van der Waals surface area contributed by atoms with Crippen LogP contribution < -0.4 is 0 Å². The average Bonchev–Trinajstić information content (AvgIpc) is 3.01. The van der Waals surface area contributed by atoms with Gasteiger partial charge >= 0.3 is 0 Å². The van der Waals surface area contributed by atoms with Crippen molar-refractivity contribution in [1.29, 1.82) is 0 Å². The van der Waals surface area contributed by atoms with Gasteiger partial charge in [0.1, 0.15) is 5.76 Å². The second-order valence-corrected chi connectivity index (χ2v) is 6.45. The first-order valence-electron chi connectivity index (χ1n) is 8.32. The molecule has 4 nitrogen and oxygen atoms in total. The Morgan fingerprint density at radius 1 is 0.957 bits per heavy atom. The minimum absolute atomic E-state index is 0.0642. The smallest absolute Gasteiger partial charge is 0.134 e. The molecule has 0 radical (unpaired) electrons. The largest absolute Gasteiger partial charge is 0.464 e. The van der Waals surface area contributed by atoms with E-state index in [1.54, 1.807) is 6.26 Å². The fourth-order valence-corrected chi connectivity index (χ4v) is 3.11. The van der Waals surface area contributed by atoms with Crippen molar-refractivity contribution >= 4 is 0 Å². The van der Waals surface area contributed by atoms with Crippen LogP contribution in [0, 0.1) is 0 Å². The SMILES string of the molecule is CC(C)c1nc(C(C)C)c(CCO)c(-c2ccco2)c1CCO. The second-order valence-electron chi connectivity index (χ2n) is 6.45. The first-order valence-corrected chi connectivity index (χ1v) is 8.32. The number of aromatic nitrogens is 1. The summed E-state index contributed by atoms with van der Waals surface area (Å²) in [6.45, 7) is 8.59. The molecule has 0 saturated heterocycles. The summed E-state index contributed by atoms with van der Waals surface area (Å²) >= 11 is 0. The molecular weight excluding hydrogens is 290 g/mol. The molecule has 2 rings (SSSR count). The number of aliphatic hydroxyl groups is 2. The van der Waals surface area contributed by atoms with Crippen molar-refractivity contribution in [3.05, 3.63) is 40.9 Å². The predicted octanol–water partition coefficient (Wildman–Crippen LogP) is 3.66. The van der Waals surface area contributed by atoms with Gasteiger partial charge in [-0.2, -0.15) is 0 Å². The molecular formula is C19H27NO3. The lowest BCUT2D eigenvalue weighted by molar-refractivity contribution is 0.297. The van der Waals surface area contributed by atoms with Gasteiger partial charge in [-0.3, -0.25) is 4.98 Å². The molecule has 2 aromatic rings. The third-order valence-electron chi connectivity index (χ3n) is 4.05. The van der Waals surface area contributed by atoms with Gasteiger partial charge < -0.3 is 14.6 Å².